The molecule has 0 saturated heterocycles. The van der Waals surface area contributed by atoms with E-state index in [1.165, 1.54) is 0 Å². The van der Waals surface area contributed by atoms with Gasteiger partial charge in [-0.3, -0.25) is 9.59 Å². The van der Waals surface area contributed by atoms with Crippen LogP contribution in [0.5, 0.6) is 0 Å². The van der Waals surface area contributed by atoms with Crippen LogP contribution in [0.1, 0.15) is 29.3 Å². The third-order valence-electron chi connectivity index (χ3n) is 2.35. The van der Waals surface area contributed by atoms with Gasteiger partial charge in [-0.2, -0.15) is 0 Å². The van der Waals surface area contributed by atoms with Crippen LogP contribution in [0.2, 0.25) is 0 Å². The maximum absolute atomic E-state index is 11.8. The van der Waals surface area contributed by atoms with Gasteiger partial charge in [-0.15, -0.1) is 0 Å². The van der Waals surface area contributed by atoms with Gasteiger partial charge in [-0.25, -0.2) is 0 Å². The van der Waals surface area contributed by atoms with Crippen LogP contribution in [0.25, 0.3) is 0 Å². The Kier molecular flexibility index (Phi) is 5.85. The van der Waals surface area contributed by atoms with Crippen molar-refractivity contribution in [3.8, 4) is 0 Å². The van der Waals surface area contributed by atoms with Crippen LogP contribution < -0.4 is 5.32 Å². The number of carbonyl (C=O) groups excluding carboxylic acids is 2. The first kappa shape index (κ1) is 14.7. The number of halogens is 1. The second-order valence-electron chi connectivity index (χ2n) is 3.77. The fourth-order valence-electron chi connectivity index (χ4n) is 1.49. The van der Waals surface area contributed by atoms with E-state index < -0.39 is 0 Å². The van der Waals surface area contributed by atoms with Gasteiger partial charge in [0.1, 0.15) is 0 Å². The van der Waals surface area contributed by atoms with Gasteiger partial charge < -0.3 is 10.1 Å². The molecule has 0 aliphatic rings. The number of ether oxygens (including phenoxy) is 1. The lowest BCUT2D eigenvalue weighted by Gasteiger charge is -2.07. The van der Waals surface area contributed by atoms with E-state index in [4.69, 9.17) is 4.74 Å². The highest BCUT2D eigenvalue weighted by Gasteiger charge is 2.09. The van der Waals surface area contributed by atoms with Crippen molar-refractivity contribution < 1.29 is 14.3 Å². The minimum Gasteiger partial charge on any atom is -0.466 e. The number of amides is 1. The lowest BCUT2D eigenvalue weighted by atomic mass is 10.1. The molecular formula is C13H16BrNO3. The predicted octanol–water partition coefficient (Wildman–Crippen LogP) is 2.44. The summed E-state index contributed by atoms with van der Waals surface area (Å²) >= 11 is 3.34. The zero-order valence-electron chi connectivity index (χ0n) is 10.5. The molecule has 5 heteroatoms. The van der Waals surface area contributed by atoms with E-state index in [1.54, 1.807) is 13.0 Å². The van der Waals surface area contributed by atoms with Gasteiger partial charge in [0.05, 0.1) is 13.0 Å². The van der Waals surface area contributed by atoms with Gasteiger partial charge in [-0.05, 0) is 37.6 Å². The van der Waals surface area contributed by atoms with E-state index in [-0.39, 0.29) is 24.8 Å². The minimum absolute atomic E-state index is 0.177. The summed E-state index contributed by atoms with van der Waals surface area (Å²) < 4.78 is 5.71. The zero-order valence-corrected chi connectivity index (χ0v) is 12.0. The van der Waals surface area contributed by atoms with Crippen LogP contribution in [-0.2, 0) is 9.53 Å². The summed E-state index contributed by atoms with van der Waals surface area (Å²) in [6.07, 6.45) is 0.190. The van der Waals surface area contributed by atoms with Gasteiger partial charge in [0.25, 0.3) is 5.91 Å². The van der Waals surface area contributed by atoms with Crippen LogP contribution in [0.3, 0.4) is 0 Å². The molecule has 0 fully saturated rings. The molecule has 1 aromatic rings. The topological polar surface area (TPSA) is 55.4 Å². The Hall–Kier alpha value is -1.36. The average Bonchev–Trinajstić information content (AvgIpc) is 2.29. The monoisotopic (exact) mass is 313 g/mol. The van der Waals surface area contributed by atoms with Crippen LogP contribution in [0.4, 0.5) is 0 Å². The summed E-state index contributed by atoms with van der Waals surface area (Å²) in [4.78, 5) is 22.9. The van der Waals surface area contributed by atoms with E-state index in [2.05, 4.69) is 21.2 Å². The van der Waals surface area contributed by atoms with E-state index in [9.17, 15) is 9.59 Å². The molecule has 0 saturated carbocycles. The molecule has 0 heterocycles. The summed E-state index contributed by atoms with van der Waals surface area (Å²) in [7, 11) is 0. The SMILES string of the molecule is CCOC(=O)CCNC(=O)c1ccc(Br)cc1C. The molecule has 0 atom stereocenters. The number of nitrogens with one attached hydrogen (secondary N) is 1. The molecular weight excluding hydrogens is 298 g/mol. The Morgan fingerprint density at radius 1 is 1.39 bits per heavy atom. The van der Waals surface area contributed by atoms with Gasteiger partial charge in [0, 0.05) is 16.6 Å². The largest absolute Gasteiger partial charge is 0.466 e. The molecule has 4 nitrogen and oxygen atoms in total. The number of benzene rings is 1. The smallest absolute Gasteiger partial charge is 0.307 e. The summed E-state index contributed by atoms with van der Waals surface area (Å²) in [6, 6.07) is 5.44. The van der Waals surface area contributed by atoms with Crippen molar-refractivity contribution in [2.45, 2.75) is 20.3 Å². The lowest BCUT2D eigenvalue weighted by Crippen LogP contribution is -2.27. The van der Waals surface area contributed by atoms with Crippen molar-refractivity contribution >= 4 is 27.8 Å². The highest BCUT2D eigenvalue weighted by atomic mass is 79.9. The fourth-order valence-corrected chi connectivity index (χ4v) is 1.96. The van der Waals surface area contributed by atoms with Crippen LogP contribution in [-0.4, -0.2) is 25.0 Å². The Morgan fingerprint density at radius 2 is 2.11 bits per heavy atom. The van der Waals surface area contributed by atoms with Crippen molar-refractivity contribution in [3.05, 3.63) is 33.8 Å². The van der Waals surface area contributed by atoms with Crippen molar-refractivity contribution in [1.82, 2.24) is 5.32 Å². The van der Waals surface area contributed by atoms with Gasteiger partial charge >= 0.3 is 5.97 Å². The second kappa shape index (κ2) is 7.16. The summed E-state index contributed by atoms with van der Waals surface area (Å²) in [5.74, 6) is -0.477. The minimum atomic E-state index is -0.301. The molecule has 0 spiro atoms. The van der Waals surface area contributed by atoms with Crippen molar-refractivity contribution in [1.29, 1.82) is 0 Å². The Morgan fingerprint density at radius 3 is 2.72 bits per heavy atom. The fraction of sp³-hybridized carbons (Fsp3) is 0.385. The van der Waals surface area contributed by atoms with Crippen molar-refractivity contribution in [2.75, 3.05) is 13.2 Å². The van der Waals surface area contributed by atoms with Crippen molar-refractivity contribution in [3.63, 3.8) is 0 Å². The number of esters is 1. The number of hydrogen-bond acceptors (Lipinski definition) is 3. The van der Waals surface area contributed by atoms with Crippen LogP contribution in [0.15, 0.2) is 22.7 Å². The van der Waals surface area contributed by atoms with Crippen molar-refractivity contribution in [2.24, 2.45) is 0 Å². The molecule has 0 aliphatic carbocycles. The van der Waals surface area contributed by atoms with Crippen LogP contribution in [0, 0.1) is 6.92 Å². The predicted molar refractivity (Wildman–Crippen MR) is 72.5 cm³/mol. The normalized spacial score (nSPS) is 9.94. The first-order chi connectivity index (χ1) is 8.54. The molecule has 1 amide bonds. The molecule has 0 radical (unpaired) electrons. The molecule has 1 N–H and O–H groups in total. The summed E-state index contributed by atoms with van der Waals surface area (Å²) in [5.41, 5.74) is 1.50. The molecule has 0 aliphatic heterocycles. The molecule has 1 aromatic carbocycles. The van der Waals surface area contributed by atoms with E-state index in [0.717, 1.165) is 10.0 Å². The molecule has 0 aromatic heterocycles. The maximum Gasteiger partial charge on any atom is 0.307 e. The first-order valence-electron chi connectivity index (χ1n) is 5.74. The van der Waals surface area contributed by atoms with E-state index >= 15 is 0 Å². The highest BCUT2D eigenvalue weighted by Crippen LogP contribution is 2.15. The quantitative estimate of drug-likeness (QED) is 0.849. The van der Waals surface area contributed by atoms with Gasteiger partial charge in [0.15, 0.2) is 0 Å². The first-order valence-corrected chi connectivity index (χ1v) is 6.54. The van der Waals surface area contributed by atoms with E-state index in [1.807, 2.05) is 19.1 Å². The molecule has 0 unspecified atom stereocenters. The third-order valence-corrected chi connectivity index (χ3v) is 2.85. The molecule has 18 heavy (non-hydrogen) atoms. The molecule has 98 valence electrons. The van der Waals surface area contributed by atoms with E-state index in [0.29, 0.717) is 12.2 Å². The van der Waals surface area contributed by atoms with Crippen LogP contribution >= 0.6 is 15.9 Å². The molecule has 0 bridgehead atoms. The van der Waals surface area contributed by atoms with Gasteiger partial charge in [0.2, 0.25) is 0 Å². The summed E-state index contributed by atoms with van der Waals surface area (Å²) in [6.45, 7) is 4.26. The zero-order chi connectivity index (χ0) is 13.5. The average molecular weight is 314 g/mol. The Labute approximate surface area is 115 Å². The Balaban J connectivity index is 2.48. The maximum atomic E-state index is 11.8. The second-order valence-corrected chi connectivity index (χ2v) is 4.69. The highest BCUT2D eigenvalue weighted by molar-refractivity contribution is 9.10. The number of rotatable bonds is 5. The Bertz CT molecular complexity index is 446. The summed E-state index contributed by atoms with van der Waals surface area (Å²) in [5, 5.41) is 2.69. The number of carbonyl (C=O) groups is 2. The molecule has 1 rings (SSSR count). The number of aryl methyl sites for hydroxylation is 1. The van der Waals surface area contributed by atoms with Gasteiger partial charge in [-0.1, -0.05) is 15.9 Å². The number of hydrogen-bond donors (Lipinski definition) is 1. The lowest BCUT2D eigenvalue weighted by molar-refractivity contribution is -0.142. The standard InChI is InChI=1S/C13H16BrNO3/c1-3-18-12(16)6-7-15-13(17)11-5-4-10(14)8-9(11)2/h4-5,8H,3,6-7H2,1-2H3,(H,15,17). The third kappa shape index (κ3) is 4.49.